The molecule has 0 atom stereocenters. The van der Waals surface area contributed by atoms with Crippen molar-refractivity contribution in [1.29, 1.82) is 0 Å². The SMILES string of the molecule is CC/C(=N\NC(=O)c1cc(-c2ccc(C)s2)nc2ccccc12)c1cccs1. The molecule has 140 valence electrons. The number of carbonyl (C=O) groups excluding carboxylic acids is 1. The van der Waals surface area contributed by atoms with Crippen molar-refractivity contribution in [3.63, 3.8) is 0 Å². The second-order valence-electron chi connectivity index (χ2n) is 6.31. The number of nitrogens with one attached hydrogen (secondary N) is 1. The van der Waals surface area contributed by atoms with E-state index in [0.29, 0.717) is 5.56 Å². The lowest BCUT2D eigenvalue weighted by molar-refractivity contribution is 0.0956. The highest BCUT2D eigenvalue weighted by Crippen LogP contribution is 2.29. The van der Waals surface area contributed by atoms with Gasteiger partial charge in [-0.25, -0.2) is 10.4 Å². The van der Waals surface area contributed by atoms with E-state index >= 15 is 0 Å². The number of pyridine rings is 1. The molecular formula is C22H19N3OS2. The standard InChI is InChI=1S/C22H19N3OS2/c1-3-17(20-9-6-12-27-20)24-25-22(26)16-13-19(21-11-10-14(2)28-21)23-18-8-5-4-7-15(16)18/h4-13H,3H2,1-2H3,(H,25,26)/b24-17+. The summed E-state index contributed by atoms with van der Waals surface area (Å²) in [6, 6.07) is 17.7. The number of para-hydroxylation sites is 1. The van der Waals surface area contributed by atoms with Crippen LogP contribution in [0.5, 0.6) is 0 Å². The summed E-state index contributed by atoms with van der Waals surface area (Å²) in [7, 11) is 0. The highest BCUT2D eigenvalue weighted by Gasteiger charge is 2.15. The fraction of sp³-hybridized carbons (Fsp3) is 0.136. The summed E-state index contributed by atoms with van der Waals surface area (Å²) in [6.07, 6.45) is 0.748. The number of hydrazone groups is 1. The zero-order valence-electron chi connectivity index (χ0n) is 15.6. The number of thiophene rings is 2. The Morgan fingerprint density at radius 1 is 1.14 bits per heavy atom. The average molecular weight is 406 g/mol. The molecule has 0 saturated heterocycles. The van der Waals surface area contributed by atoms with E-state index in [1.807, 2.05) is 60.8 Å². The van der Waals surface area contributed by atoms with Crippen LogP contribution in [0.25, 0.3) is 21.5 Å². The van der Waals surface area contributed by atoms with Crippen LogP contribution in [-0.2, 0) is 0 Å². The van der Waals surface area contributed by atoms with Crippen LogP contribution in [0.3, 0.4) is 0 Å². The summed E-state index contributed by atoms with van der Waals surface area (Å²) in [6.45, 7) is 4.10. The number of rotatable bonds is 5. The van der Waals surface area contributed by atoms with E-state index in [1.165, 1.54) is 4.88 Å². The van der Waals surface area contributed by atoms with Gasteiger partial charge >= 0.3 is 0 Å². The molecule has 28 heavy (non-hydrogen) atoms. The largest absolute Gasteiger partial charge is 0.272 e. The normalized spacial score (nSPS) is 11.7. The summed E-state index contributed by atoms with van der Waals surface area (Å²) in [5, 5.41) is 7.21. The second kappa shape index (κ2) is 8.04. The number of fused-ring (bicyclic) bond motifs is 1. The molecule has 0 aliphatic carbocycles. The number of hydrogen-bond acceptors (Lipinski definition) is 5. The van der Waals surface area contributed by atoms with E-state index in [-0.39, 0.29) is 5.91 Å². The van der Waals surface area contributed by atoms with Gasteiger partial charge in [0.1, 0.15) is 0 Å². The second-order valence-corrected chi connectivity index (χ2v) is 8.55. The molecule has 1 aromatic carbocycles. The van der Waals surface area contributed by atoms with Gasteiger partial charge in [-0.3, -0.25) is 4.79 Å². The maximum atomic E-state index is 13.0. The molecule has 4 rings (SSSR count). The molecule has 0 bridgehead atoms. The van der Waals surface area contributed by atoms with Crippen LogP contribution in [0.2, 0.25) is 0 Å². The first-order chi connectivity index (χ1) is 13.7. The van der Waals surface area contributed by atoms with Gasteiger partial charge < -0.3 is 0 Å². The fourth-order valence-corrected chi connectivity index (χ4v) is 4.61. The number of aryl methyl sites for hydroxylation is 1. The predicted molar refractivity (Wildman–Crippen MR) is 118 cm³/mol. The zero-order chi connectivity index (χ0) is 19.5. The average Bonchev–Trinajstić information content (AvgIpc) is 3.39. The Kier molecular flexibility index (Phi) is 5.32. The lowest BCUT2D eigenvalue weighted by Gasteiger charge is -2.09. The maximum Gasteiger partial charge on any atom is 0.272 e. The van der Waals surface area contributed by atoms with E-state index in [0.717, 1.165) is 38.5 Å². The topological polar surface area (TPSA) is 54.4 Å². The molecule has 0 aliphatic rings. The number of benzene rings is 1. The lowest BCUT2D eigenvalue weighted by atomic mass is 10.1. The first kappa shape index (κ1) is 18.5. The van der Waals surface area contributed by atoms with Crippen LogP contribution >= 0.6 is 22.7 Å². The van der Waals surface area contributed by atoms with Crippen LogP contribution in [0, 0.1) is 6.92 Å². The fourth-order valence-electron chi connectivity index (χ4n) is 2.99. The van der Waals surface area contributed by atoms with Crippen molar-refractivity contribution in [3.05, 3.63) is 75.3 Å². The van der Waals surface area contributed by atoms with Crippen LogP contribution in [0.4, 0.5) is 0 Å². The van der Waals surface area contributed by atoms with E-state index in [1.54, 1.807) is 22.7 Å². The monoisotopic (exact) mass is 405 g/mol. The van der Waals surface area contributed by atoms with Crippen molar-refractivity contribution < 1.29 is 4.79 Å². The van der Waals surface area contributed by atoms with Gasteiger partial charge in [-0.1, -0.05) is 31.2 Å². The van der Waals surface area contributed by atoms with Gasteiger partial charge in [0, 0.05) is 10.3 Å². The van der Waals surface area contributed by atoms with Crippen molar-refractivity contribution in [3.8, 4) is 10.6 Å². The molecular weight excluding hydrogens is 386 g/mol. The molecule has 0 fully saturated rings. The van der Waals surface area contributed by atoms with Gasteiger partial charge in [-0.15, -0.1) is 22.7 Å². The molecule has 0 radical (unpaired) electrons. The summed E-state index contributed by atoms with van der Waals surface area (Å²) in [5.41, 5.74) is 5.80. The minimum absolute atomic E-state index is 0.226. The molecule has 1 N–H and O–H groups in total. The maximum absolute atomic E-state index is 13.0. The van der Waals surface area contributed by atoms with E-state index in [9.17, 15) is 4.79 Å². The predicted octanol–water partition coefficient (Wildman–Crippen LogP) is 5.88. The molecule has 0 unspecified atom stereocenters. The third-order valence-electron chi connectivity index (χ3n) is 4.39. The Bertz CT molecular complexity index is 1160. The van der Waals surface area contributed by atoms with Crippen molar-refractivity contribution in [2.24, 2.45) is 5.10 Å². The van der Waals surface area contributed by atoms with Crippen molar-refractivity contribution >= 4 is 45.2 Å². The Hall–Kier alpha value is -2.83. The van der Waals surface area contributed by atoms with Gasteiger partial charge in [0.15, 0.2) is 0 Å². The van der Waals surface area contributed by atoms with E-state index < -0.39 is 0 Å². The molecule has 0 spiro atoms. The number of aromatic nitrogens is 1. The third-order valence-corrected chi connectivity index (χ3v) is 6.33. The number of amides is 1. The molecule has 0 aliphatic heterocycles. The molecule has 3 aromatic heterocycles. The zero-order valence-corrected chi connectivity index (χ0v) is 17.2. The molecule has 4 nitrogen and oxygen atoms in total. The molecule has 4 aromatic rings. The van der Waals surface area contributed by atoms with Crippen molar-refractivity contribution in [1.82, 2.24) is 10.4 Å². The summed E-state index contributed by atoms with van der Waals surface area (Å²) in [5.74, 6) is -0.226. The molecule has 3 heterocycles. The Morgan fingerprint density at radius 2 is 2.00 bits per heavy atom. The quantitative estimate of drug-likeness (QED) is 0.333. The van der Waals surface area contributed by atoms with Crippen LogP contribution in [0.1, 0.15) is 33.5 Å². The van der Waals surface area contributed by atoms with E-state index in [2.05, 4.69) is 23.5 Å². The van der Waals surface area contributed by atoms with Crippen LogP contribution in [-0.4, -0.2) is 16.6 Å². The third kappa shape index (κ3) is 3.74. The Morgan fingerprint density at radius 3 is 2.71 bits per heavy atom. The van der Waals surface area contributed by atoms with Gasteiger partial charge in [0.25, 0.3) is 5.91 Å². The minimum Gasteiger partial charge on any atom is -0.267 e. The van der Waals surface area contributed by atoms with Crippen molar-refractivity contribution in [2.45, 2.75) is 20.3 Å². The van der Waals surface area contributed by atoms with Gasteiger partial charge in [-0.05, 0) is 49.1 Å². The van der Waals surface area contributed by atoms with Gasteiger partial charge in [0.05, 0.1) is 32.2 Å². The Balaban J connectivity index is 1.73. The summed E-state index contributed by atoms with van der Waals surface area (Å²) < 4.78 is 0. The summed E-state index contributed by atoms with van der Waals surface area (Å²) in [4.78, 5) is 21.1. The molecule has 0 saturated carbocycles. The summed E-state index contributed by atoms with van der Waals surface area (Å²) >= 11 is 3.29. The molecule has 1 amide bonds. The first-order valence-electron chi connectivity index (χ1n) is 9.03. The number of hydrogen-bond donors (Lipinski definition) is 1. The minimum atomic E-state index is -0.226. The van der Waals surface area contributed by atoms with Gasteiger partial charge in [0.2, 0.25) is 0 Å². The smallest absolute Gasteiger partial charge is 0.267 e. The van der Waals surface area contributed by atoms with Crippen LogP contribution < -0.4 is 5.43 Å². The number of nitrogens with zero attached hydrogens (tertiary/aromatic N) is 2. The first-order valence-corrected chi connectivity index (χ1v) is 10.7. The Labute approximate surface area is 171 Å². The number of carbonyl (C=O) groups is 1. The molecule has 6 heteroatoms. The van der Waals surface area contributed by atoms with E-state index in [4.69, 9.17) is 4.98 Å². The highest BCUT2D eigenvalue weighted by molar-refractivity contribution is 7.15. The lowest BCUT2D eigenvalue weighted by Crippen LogP contribution is -2.20. The van der Waals surface area contributed by atoms with Crippen molar-refractivity contribution in [2.75, 3.05) is 0 Å². The van der Waals surface area contributed by atoms with Gasteiger partial charge in [-0.2, -0.15) is 5.10 Å². The van der Waals surface area contributed by atoms with Crippen LogP contribution in [0.15, 0.2) is 65.1 Å². The highest BCUT2D eigenvalue weighted by atomic mass is 32.1.